The van der Waals surface area contributed by atoms with Gasteiger partial charge in [-0.05, 0) is 37.4 Å². The second-order valence-corrected chi connectivity index (χ2v) is 5.80. The van der Waals surface area contributed by atoms with Crippen molar-refractivity contribution >= 4 is 11.8 Å². The van der Waals surface area contributed by atoms with Gasteiger partial charge in [0.25, 0.3) is 0 Å². The van der Waals surface area contributed by atoms with E-state index in [9.17, 15) is 0 Å². The monoisotopic (exact) mass is 245 g/mol. The lowest BCUT2D eigenvalue weighted by molar-refractivity contribution is 0.524. The first-order valence-electron chi connectivity index (χ1n) is 7.00. The lowest BCUT2D eigenvalue weighted by atomic mass is 10.1. The van der Waals surface area contributed by atoms with E-state index in [2.05, 4.69) is 25.4 Å². The second-order valence-electron chi connectivity index (χ2n) is 4.89. The lowest BCUT2D eigenvalue weighted by Crippen LogP contribution is -2.23. The normalized spacial score (nSPS) is 12.9. The number of unbranched alkanes of at least 4 members (excludes halogenated alkanes) is 6. The van der Waals surface area contributed by atoms with E-state index in [0.29, 0.717) is 0 Å². The van der Waals surface area contributed by atoms with Gasteiger partial charge < -0.3 is 5.32 Å². The summed E-state index contributed by atoms with van der Waals surface area (Å²) in [6, 6.07) is 0. The highest BCUT2D eigenvalue weighted by atomic mass is 32.2. The van der Waals surface area contributed by atoms with E-state index in [1.807, 2.05) is 11.8 Å². The van der Waals surface area contributed by atoms with Gasteiger partial charge in [-0.25, -0.2) is 0 Å². The summed E-state index contributed by atoms with van der Waals surface area (Å²) in [5, 5.41) is 3.56. The van der Waals surface area contributed by atoms with Crippen LogP contribution in [0.25, 0.3) is 0 Å². The maximum atomic E-state index is 3.56. The van der Waals surface area contributed by atoms with Crippen LogP contribution in [0.5, 0.6) is 0 Å². The summed E-state index contributed by atoms with van der Waals surface area (Å²) < 4.78 is 0. The maximum absolute atomic E-state index is 3.56. The van der Waals surface area contributed by atoms with Crippen LogP contribution >= 0.6 is 11.8 Å². The van der Waals surface area contributed by atoms with E-state index in [-0.39, 0.29) is 0 Å². The summed E-state index contributed by atoms with van der Waals surface area (Å²) in [6.07, 6.45) is 12.0. The molecule has 0 saturated heterocycles. The minimum absolute atomic E-state index is 0.819. The molecule has 0 saturated carbocycles. The molecule has 0 amide bonds. The average Bonchev–Trinajstić information content (AvgIpc) is 2.27. The van der Waals surface area contributed by atoms with E-state index in [1.165, 1.54) is 63.8 Å². The standard InChI is InChI=1S/C14H31NS/c1-4-5-6-7-8-9-10-11-15-12-14(2)13-16-3/h14-15H,4-13H2,1-3H3. The van der Waals surface area contributed by atoms with E-state index in [1.54, 1.807) is 0 Å². The van der Waals surface area contributed by atoms with Gasteiger partial charge in [-0.3, -0.25) is 0 Å². The topological polar surface area (TPSA) is 12.0 Å². The van der Waals surface area contributed by atoms with Crippen LogP contribution in [-0.2, 0) is 0 Å². The van der Waals surface area contributed by atoms with Crippen molar-refractivity contribution in [2.45, 2.75) is 58.8 Å². The minimum atomic E-state index is 0.819. The predicted octanol–water partition coefficient (Wildman–Crippen LogP) is 4.33. The molecule has 0 aliphatic carbocycles. The second kappa shape index (κ2) is 13.4. The molecular formula is C14H31NS. The van der Waals surface area contributed by atoms with Crippen LogP contribution < -0.4 is 5.32 Å². The van der Waals surface area contributed by atoms with Gasteiger partial charge in [0.05, 0.1) is 0 Å². The Labute approximate surface area is 107 Å². The summed E-state index contributed by atoms with van der Waals surface area (Å²) in [6.45, 7) is 7.01. The molecule has 16 heavy (non-hydrogen) atoms. The number of hydrogen-bond donors (Lipinski definition) is 1. The molecule has 2 heteroatoms. The molecular weight excluding hydrogens is 214 g/mol. The highest BCUT2D eigenvalue weighted by Crippen LogP contribution is 2.06. The van der Waals surface area contributed by atoms with Gasteiger partial charge in [-0.1, -0.05) is 52.4 Å². The van der Waals surface area contributed by atoms with Gasteiger partial charge in [-0.15, -0.1) is 0 Å². The third-order valence-corrected chi connectivity index (χ3v) is 3.80. The first-order chi connectivity index (χ1) is 7.81. The molecule has 0 bridgehead atoms. The highest BCUT2D eigenvalue weighted by Gasteiger charge is 1.99. The van der Waals surface area contributed by atoms with Crippen molar-refractivity contribution < 1.29 is 0 Å². The van der Waals surface area contributed by atoms with E-state index >= 15 is 0 Å². The molecule has 0 spiro atoms. The molecule has 1 unspecified atom stereocenters. The summed E-state index contributed by atoms with van der Waals surface area (Å²) >= 11 is 1.95. The number of thioether (sulfide) groups is 1. The fraction of sp³-hybridized carbons (Fsp3) is 1.00. The molecule has 1 nitrogen and oxygen atoms in total. The Bertz CT molecular complexity index is 128. The third kappa shape index (κ3) is 12.4. The molecule has 0 aromatic carbocycles. The number of nitrogens with one attached hydrogen (secondary N) is 1. The molecule has 0 heterocycles. The Morgan fingerprint density at radius 1 is 1.00 bits per heavy atom. The number of rotatable bonds is 12. The predicted molar refractivity (Wildman–Crippen MR) is 78.4 cm³/mol. The molecule has 1 atom stereocenters. The Morgan fingerprint density at radius 2 is 1.62 bits per heavy atom. The van der Waals surface area contributed by atoms with Crippen LogP contribution in [0.1, 0.15) is 58.8 Å². The fourth-order valence-electron chi connectivity index (χ4n) is 1.90. The van der Waals surface area contributed by atoms with Crippen molar-refractivity contribution in [1.29, 1.82) is 0 Å². The molecule has 0 aliphatic heterocycles. The highest BCUT2D eigenvalue weighted by molar-refractivity contribution is 7.98. The Hall–Kier alpha value is 0.310. The molecule has 0 rings (SSSR count). The van der Waals surface area contributed by atoms with Crippen LogP contribution in [0.15, 0.2) is 0 Å². The van der Waals surface area contributed by atoms with Crippen LogP contribution in [-0.4, -0.2) is 25.1 Å². The van der Waals surface area contributed by atoms with Gasteiger partial charge in [-0.2, -0.15) is 11.8 Å². The van der Waals surface area contributed by atoms with Gasteiger partial charge >= 0.3 is 0 Å². The van der Waals surface area contributed by atoms with Crippen molar-refractivity contribution in [2.75, 3.05) is 25.1 Å². The van der Waals surface area contributed by atoms with Crippen molar-refractivity contribution in [1.82, 2.24) is 5.32 Å². The summed E-state index contributed by atoms with van der Waals surface area (Å²) in [7, 11) is 0. The van der Waals surface area contributed by atoms with Crippen LogP contribution in [0.3, 0.4) is 0 Å². The zero-order chi connectivity index (χ0) is 12.1. The Morgan fingerprint density at radius 3 is 2.25 bits per heavy atom. The van der Waals surface area contributed by atoms with E-state index in [0.717, 1.165) is 5.92 Å². The molecule has 0 radical (unpaired) electrons. The SMILES string of the molecule is CCCCCCCCCNCC(C)CSC. The van der Waals surface area contributed by atoms with Crippen molar-refractivity contribution in [3.63, 3.8) is 0 Å². The Kier molecular flexibility index (Phi) is 13.6. The maximum Gasteiger partial charge on any atom is -0.00153 e. The van der Waals surface area contributed by atoms with Gasteiger partial charge in [0.1, 0.15) is 0 Å². The van der Waals surface area contributed by atoms with Crippen LogP contribution in [0.2, 0.25) is 0 Å². The summed E-state index contributed by atoms with van der Waals surface area (Å²) in [5.74, 6) is 2.10. The zero-order valence-electron chi connectivity index (χ0n) is 11.6. The molecule has 0 aromatic rings. The third-order valence-electron chi connectivity index (χ3n) is 2.90. The van der Waals surface area contributed by atoms with Crippen LogP contribution in [0.4, 0.5) is 0 Å². The van der Waals surface area contributed by atoms with Gasteiger partial charge in [0.15, 0.2) is 0 Å². The molecule has 1 N–H and O–H groups in total. The zero-order valence-corrected chi connectivity index (χ0v) is 12.4. The fourth-order valence-corrected chi connectivity index (χ4v) is 2.59. The van der Waals surface area contributed by atoms with Crippen molar-refractivity contribution in [2.24, 2.45) is 5.92 Å². The minimum Gasteiger partial charge on any atom is -0.316 e. The smallest absolute Gasteiger partial charge is 0.00153 e. The first kappa shape index (κ1) is 16.3. The van der Waals surface area contributed by atoms with Crippen molar-refractivity contribution in [3.05, 3.63) is 0 Å². The average molecular weight is 245 g/mol. The molecule has 0 aromatic heterocycles. The molecule has 0 fully saturated rings. The first-order valence-corrected chi connectivity index (χ1v) is 8.40. The summed E-state index contributed by atoms with van der Waals surface area (Å²) in [4.78, 5) is 0. The Balaban J connectivity index is 2.98. The largest absolute Gasteiger partial charge is 0.316 e. The number of hydrogen-bond acceptors (Lipinski definition) is 2. The van der Waals surface area contributed by atoms with E-state index in [4.69, 9.17) is 0 Å². The van der Waals surface area contributed by atoms with Gasteiger partial charge in [0, 0.05) is 0 Å². The molecule has 0 aliphatic rings. The van der Waals surface area contributed by atoms with E-state index < -0.39 is 0 Å². The quantitative estimate of drug-likeness (QED) is 0.514. The van der Waals surface area contributed by atoms with Gasteiger partial charge in [0.2, 0.25) is 0 Å². The van der Waals surface area contributed by atoms with Crippen LogP contribution in [0, 0.1) is 5.92 Å². The van der Waals surface area contributed by atoms with Crippen molar-refractivity contribution in [3.8, 4) is 0 Å². The molecule has 98 valence electrons. The lowest BCUT2D eigenvalue weighted by Gasteiger charge is -2.10. The summed E-state index contributed by atoms with van der Waals surface area (Å²) in [5.41, 5.74) is 0.